The van der Waals surface area contributed by atoms with Crippen LogP contribution in [0.2, 0.25) is 0 Å². The second kappa shape index (κ2) is 6.17. The van der Waals surface area contributed by atoms with Gasteiger partial charge in [0.15, 0.2) is 12.2 Å². The predicted molar refractivity (Wildman–Crippen MR) is 79.5 cm³/mol. The third-order valence-corrected chi connectivity index (χ3v) is 3.10. The van der Waals surface area contributed by atoms with E-state index in [2.05, 4.69) is 10.3 Å². The number of hydrogen-bond donors (Lipinski definition) is 1. The van der Waals surface area contributed by atoms with Gasteiger partial charge >= 0.3 is 0 Å². The first kappa shape index (κ1) is 13.9. The number of rotatable bonds is 5. The van der Waals surface area contributed by atoms with E-state index in [1.165, 1.54) is 12.7 Å². The number of aromatic nitrogens is 1. The molecule has 1 N–H and O–H groups in total. The van der Waals surface area contributed by atoms with Gasteiger partial charge in [0, 0.05) is 11.8 Å². The van der Waals surface area contributed by atoms with Crippen LogP contribution in [0.4, 0.5) is 5.69 Å². The van der Waals surface area contributed by atoms with Crippen molar-refractivity contribution in [1.29, 1.82) is 0 Å². The molecule has 0 atom stereocenters. The molecule has 6 heteroatoms. The molecule has 0 bridgehead atoms. The zero-order valence-corrected chi connectivity index (χ0v) is 11.9. The number of carbonyl (C=O) groups is 1. The molecule has 0 unspecified atom stereocenters. The van der Waals surface area contributed by atoms with E-state index in [0.29, 0.717) is 23.0 Å². The van der Waals surface area contributed by atoms with Crippen LogP contribution in [0.15, 0.2) is 58.0 Å². The highest BCUT2D eigenvalue weighted by Crippen LogP contribution is 2.32. The second-order valence-corrected chi connectivity index (χ2v) is 4.59. The number of nitrogens with zero attached hydrogens (tertiary/aromatic N) is 1. The minimum atomic E-state index is -0.163. The van der Waals surface area contributed by atoms with E-state index in [-0.39, 0.29) is 12.3 Å². The molecule has 1 amide bonds. The summed E-state index contributed by atoms with van der Waals surface area (Å²) < 4.78 is 15.8. The summed E-state index contributed by atoms with van der Waals surface area (Å²) in [6, 6.07) is 8.82. The molecule has 1 aromatic carbocycles. The number of carbonyl (C=O) groups excluding carboxylic acids is 1. The normalized spacial score (nSPS) is 10.4. The predicted octanol–water partition coefficient (Wildman–Crippen LogP) is 3.12. The highest BCUT2D eigenvalue weighted by molar-refractivity contribution is 5.92. The third-order valence-electron chi connectivity index (χ3n) is 3.10. The van der Waals surface area contributed by atoms with Gasteiger partial charge in [0.2, 0.25) is 5.91 Å². The first-order valence-electron chi connectivity index (χ1n) is 6.65. The van der Waals surface area contributed by atoms with Crippen molar-refractivity contribution in [2.75, 3.05) is 12.4 Å². The van der Waals surface area contributed by atoms with E-state index in [1.54, 1.807) is 37.6 Å². The lowest BCUT2D eigenvalue weighted by molar-refractivity contribution is -0.115. The number of oxazole rings is 1. The summed E-state index contributed by atoms with van der Waals surface area (Å²) in [4.78, 5) is 15.8. The van der Waals surface area contributed by atoms with E-state index in [9.17, 15) is 4.79 Å². The Hall–Kier alpha value is -3.02. The number of ether oxygens (including phenoxy) is 1. The van der Waals surface area contributed by atoms with Crippen LogP contribution in [0.25, 0.3) is 11.3 Å². The Bertz CT molecular complexity index is 749. The smallest absolute Gasteiger partial charge is 0.231 e. The van der Waals surface area contributed by atoms with Crippen molar-refractivity contribution in [3.8, 4) is 17.1 Å². The van der Waals surface area contributed by atoms with Crippen molar-refractivity contribution in [3.05, 3.63) is 54.9 Å². The van der Waals surface area contributed by atoms with Gasteiger partial charge in [-0.1, -0.05) is 0 Å². The van der Waals surface area contributed by atoms with E-state index in [4.69, 9.17) is 13.6 Å². The molecule has 0 saturated heterocycles. The highest BCUT2D eigenvalue weighted by atomic mass is 16.5. The monoisotopic (exact) mass is 298 g/mol. The Balaban J connectivity index is 1.76. The Morgan fingerprint density at radius 1 is 1.32 bits per heavy atom. The lowest BCUT2D eigenvalue weighted by Crippen LogP contribution is -2.14. The second-order valence-electron chi connectivity index (χ2n) is 4.59. The van der Waals surface area contributed by atoms with E-state index in [1.807, 2.05) is 6.07 Å². The lowest BCUT2D eigenvalue weighted by Gasteiger charge is -2.09. The summed E-state index contributed by atoms with van der Waals surface area (Å²) >= 11 is 0. The fraction of sp³-hybridized carbons (Fsp3) is 0.125. The van der Waals surface area contributed by atoms with E-state index in [0.717, 1.165) is 5.56 Å². The maximum absolute atomic E-state index is 12.0. The van der Waals surface area contributed by atoms with Crippen molar-refractivity contribution in [2.45, 2.75) is 6.42 Å². The molecule has 0 spiro atoms. The number of amides is 1. The molecule has 2 heterocycles. The van der Waals surface area contributed by atoms with Gasteiger partial charge < -0.3 is 18.9 Å². The summed E-state index contributed by atoms with van der Waals surface area (Å²) in [5.41, 5.74) is 1.40. The first-order valence-corrected chi connectivity index (χ1v) is 6.65. The molecule has 3 rings (SSSR count). The van der Waals surface area contributed by atoms with Gasteiger partial charge in [0.1, 0.15) is 11.5 Å². The SMILES string of the molecule is COc1cc(NC(=O)Cc2ccco2)ccc1-c1cnco1. The maximum atomic E-state index is 12.0. The Kier molecular flexibility index (Phi) is 3.91. The van der Waals surface area contributed by atoms with Crippen LogP contribution < -0.4 is 10.1 Å². The van der Waals surface area contributed by atoms with Gasteiger partial charge in [0.25, 0.3) is 0 Å². The molecule has 112 valence electrons. The fourth-order valence-corrected chi connectivity index (χ4v) is 2.10. The fourth-order valence-electron chi connectivity index (χ4n) is 2.10. The molecule has 0 aliphatic heterocycles. The summed E-state index contributed by atoms with van der Waals surface area (Å²) in [6.07, 6.45) is 4.68. The van der Waals surface area contributed by atoms with Gasteiger partial charge in [0.05, 0.1) is 31.6 Å². The number of methoxy groups -OCH3 is 1. The van der Waals surface area contributed by atoms with Crippen molar-refractivity contribution in [2.24, 2.45) is 0 Å². The molecule has 0 saturated carbocycles. The van der Waals surface area contributed by atoms with Crippen LogP contribution in [0, 0.1) is 0 Å². The van der Waals surface area contributed by atoms with Crippen LogP contribution >= 0.6 is 0 Å². The van der Waals surface area contributed by atoms with Gasteiger partial charge in [-0.25, -0.2) is 4.98 Å². The number of benzene rings is 1. The molecular formula is C16H14N2O4. The molecule has 0 fully saturated rings. The lowest BCUT2D eigenvalue weighted by atomic mass is 10.1. The number of furan rings is 1. The summed E-state index contributed by atoms with van der Waals surface area (Å²) in [7, 11) is 1.56. The summed E-state index contributed by atoms with van der Waals surface area (Å²) in [6.45, 7) is 0. The Morgan fingerprint density at radius 3 is 2.91 bits per heavy atom. The summed E-state index contributed by atoms with van der Waals surface area (Å²) in [5, 5.41) is 2.80. The number of nitrogens with one attached hydrogen (secondary N) is 1. The topological polar surface area (TPSA) is 77.5 Å². The third kappa shape index (κ3) is 3.01. The molecule has 6 nitrogen and oxygen atoms in total. The molecule has 0 radical (unpaired) electrons. The van der Waals surface area contributed by atoms with Crippen molar-refractivity contribution in [3.63, 3.8) is 0 Å². The molecular weight excluding hydrogens is 284 g/mol. The molecule has 0 aliphatic carbocycles. The zero-order valence-electron chi connectivity index (χ0n) is 11.9. The largest absolute Gasteiger partial charge is 0.496 e. The average Bonchev–Trinajstić information content (AvgIpc) is 3.20. The van der Waals surface area contributed by atoms with Crippen molar-refractivity contribution < 1.29 is 18.4 Å². The van der Waals surface area contributed by atoms with Crippen molar-refractivity contribution in [1.82, 2.24) is 4.98 Å². The highest BCUT2D eigenvalue weighted by Gasteiger charge is 2.12. The molecule has 0 aliphatic rings. The van der Waals surface area contributed by atoms with Crippen LogP contribution in [0.3, 0.4) is 0 Å². The Labute approximate surface area is 126 Å². The van der Waals surface area contributed by atoms with Crippen LogP contribution in [-0.4, -0.2) is 18.0 Å². The summed E-state index contributed by atoms with van der Waals surface area (Å²) in [5.74, 6) is 1.64. The molecule has 3 aromatic rings. The van der Waals surface area contributed by atoms with Crippen molar-refractivity contribution >= 4 is 11.6 Å². The molecule has 22 heavy (non-hydrogen) atoms. The zero-order chi connectivity index (χ0) is 15.4. The Morgan fingerprint density at radius 2 is 2.23 bits per heavy atom. The van der Waals surface area contributed by atoms with Crippen LogP contribution in [0.1, 0.15) is 5.76 Å². The van der Waals surface area contributed by atoms with Gasteiger partial charge in [-0.05, 0) is 24.3 Å². The van der Waals surface area contributed by atoms with Crippen LogP contribution in [0.5, 0.6) is 5.75 Å². The minimum absolute atomic E-state index is 0.163. The standard InChI is InChI=1S/C16H14N2O4/c1-20-14-7-11(4-5-13(14)15-9-17-10-22-15)18-16(19)8-12-3-2-6-21-12/h2-7,9-10H,8H2,1H3,(H,18,19). The number of hydrogen-bond acceptors (Lipinski definition) is 5. The average molecular weight is 298 g/mol. The molecule has 2 aromatic heterocycles. The van der Waals surface area contributed by atoms with E-state index < -0.39 is 0 Å². The quantitative estimate of drug-likeness (QED) is 0.783. The van der Waals surface area contributed by atoms with Crippen LogP contribution in [-0.2, 0) is 11.2 Å². The van der Waals surface area contributed by atoms with Gasteiger partial charge in [-0.2, -0.15) is 0 Å². The van der Waals surface area contributed by atoms with E-state index >= 15 is 0 Å². The van der Waals surface area contributed by atoms with Gasteiger partial charge in [-0.3, -0.25) is 4.79 Å². The number of anilines is 1. The minimum Gasteiger partial charge on any atom is -0.496 e. The maximum Gasteiger partial charge on any atom is 0.231 e. The first-order chi connectivity index (χ1) is 10.8. The van der Waals surface area contributed by atoms with Gasteiger partial charge in [-0.15, -0.1) is 0 Å².